The zero-order valence-electron chi connectivity index (χ0n) is 24.0. The summed E-state index contributed by atoms with van der Waals surface area (Å²) in [4.78, 5) is 56.8. The van der Waals surface area contributed by atoms with Crippen LogP contribution in [-0.2, 0) is 45.4 Å². The summed E-state index contributed by atoms with van der Waals surface area (Å²) in [6.45, 7) is 3.70. The lowest BCUT2D eigenvalue weighted by atomic mass is 9.80. The van der Waals surface area contributed by atoms with Gasteiger partial charge in [-0.25, -0.2) is 14.0 Å². The molecule has 43 heavy (non-hydrogen) atoms. The van der Waals surface area contributed by atoms with Gasteiger partial charge in [0.25, 0.3) is 0 Å². The van der Waals surface area contributed by atoms with Crippen LogP contribution in [0.5, 0.6) is 0 Å². The lowest BCUT2D eigenvalue weighted by molar-refractivity contribution is -0.170. The highest BCUT2D eigenvalue weighted by molar-refractivity contribution is 5.88. The Morgan fingerprint density at radius 1 is 0.930 bits per heavy atom. The number of halogens is 1. The van der Waals surface area contributed by atoms with Crippen LogP contribution >= 0.6 is 0 Å². The highest BCUT2D eigenvalue weighted by Crippen LogP contribution is 2.35. The molecule has 0 saturated carbocycles. The third-order valence-corrected chi connectivity index (χ3v) is 7.54. The van der Waals surface area contributed by atoms with Gasteiger partial charge in [-0.2, -0.15) is 0 Å². The van der Waals surface area contributed by atoms with Crippen molar-refractivity contribution in [3.8, 4) is 0 Å². The number of fused-ring (bicyclic) bond motifs is 1. The van der Waals surface area contributed by atoms with Crippen LogP contribution in [0.4, 0.5) is 4.39 Å². The Morgan fingerprint density at radius 3 is 2.00 bits per heavy atom. The van der Waals surface area contributed by atoms with Gasteiger partial charge in [0, 0.05) is 46.2 Å². The van der Waals surface area contributed by atoms with Crippen molar-refractivity contribution in [2.24, 2.45) is 14.1 Å². The highest BCUT2D eigenvalue weighted by atomic mass is 19.1. The average molecular weight is 603 g/mol. The molecule has 13 nitrogen and oxygen atoms in total. The average Bonchev–Trinajstić information content (AvgIpc) is 3.12. The molecule has 0 unspecified atom stereocenters. The fourth-order valence-electron chi connectivity index (χ4n) is 5.36. The summed E-state index contributed by atoms with van der Waals surface area (Å²) in [7, 11) is 3.56. The maximum Gasteiger partial charge on any atom is 0.336 e. The van der Waals surface area contributed by atoms with Gasteiger partial charge in [-0.05, 0) is 36.6 Å². The molecule has 1 aromatic heterocycles. The molecule has 3 aromatic rings. The molecule has 232 valence electrons. The first-order valence-electron chi connectivity index (χ1n) is 13.4. The number of likely N-dealkylation sites (tertiary alicyclic amines) is 1. The van der Waals surface area contributed by atoms with Gasteiger partial charge in [-0.1, -0.05) is 24.3 Å². The van der Waals surface area contributed by atoms with Crippen molar-refractivity contribution < 1.29 is 44.0 Å². The Balaban J connectivity index is 0.000000331. The molecule has 1 fully saturated rings. The van der Waals surface area contributed by atoms with Crippen LogP contribution in [0.2, 0.25) is 0 Å². The van der Waals surface area contributed by atoms with Crippen LogP contribution < -0.4 is 11.0 Å². The summed E-state index contributed by atoms with van der Waals surface area (Å²) in [6.07, 6.45) is -1.01. The lowest BCUT2D eigenvalue weighted by Crippen LogP contribution is -2.52. The number of benzene rings is 2. The number of nitrogens with one attached hydrogen (secondary N) is 1. The Morgan fingerprint density at radius 2 is 1.49 bits per heavy atom. The molecule has 4 rings (SSSR count). The van der Waals surface area contributed by atoms with Gasteiger partial charge in [0.2, 0.25) is 5.91 Å². The second kappa shape index (κ2) is 13.2. The second-order valence-electron chi connectivity index (χ2n) is 10.7. The molecule has 2 aromatic carbocycles. The quantitative estimate of drug-likeness (QED) is 0.239. The first-order chi connectivity index (χ1) is 20.1. The number of carbonyl (C=O) groups excluding carboxylic acids is 1. The second-order valence-corrected chi connectivity index (χ2v) is 10.7. The van der Waals surface area contributed by atoms with Gasteiger partial charge >= 0.3 is 23.6 Å². The molecule has 1 aliphatic rings. The van der Waals surface area contributed by atoms with Crippen molar-refractivity contribution in [3.05, 3.63) is 69.9 Å². The molecule has 1 aliphatic heterocycles. The smallest absolute Gasteiger partial charge is 0.336 e. The van der Waals surface area contributed by atoms with E-state index in [-0.39, 0.29) is 17.4 Å². The van der Waals surface area contributed by atoms with E-state index in [2.05, 4.69) is 16.3 Å². The van der Waals surface area contributed by atoms with E-state index in [0.29, 0.717) is 18.4 Å². The molecule has 0 atom stereocenters. The van der Waals surface area contributed by atoms with Crippen LogP contribution in [-0.4, -0.2) is 77.0 Å². The number of aliphatic hydroxyl groups is 1. The summed E-state index contributed by atoms with van der Waals surface area (Å²) in [5, 5.41) is 36.8. The van der Waals surface area contributed by atoms with Crippen molar-refractivity contribution >= 4 is 34.8 Å². The monoisotopic (exact) mass is 602 g/mol. The predicted octanol–water partition coefficient (Wildman–Crippen LogP) is 1.40. The normalized spacial score (nSPS) is 14.9. The molecule has 2 heterocycles. The molecule has 0 bridgehead atoms. The number of aliphatic carboxylic acids is 3. The van der Waals surface area contributed by atoms with E-state index in [4.69, 9.17) is 20.4 Å². The van der Waals surface area contributed by atoms with E-state index in [1.807, 2.05) is 18.2 Å². The molecule has 1 saturated heterocycles. The van der Waals surface area contributed by atoms with Crippen LogP contribution in [0.3, 0.4) is 0 Å². The maximum atomic E-state index is 14.5. The summed E-state index contributed by atoms with van der Waals surface area (Å²) < 4.78 is 17.9. The third-order valence-electron chi connectivity index (χ3n) is 7.54. The topological polar surface area (TPSA) is 191 Å². The molecule has 0 spiro atoms. The summed E-state index contributed by atoms with van der Waals surface area (Å²) in [5.74, 6) is -5.45. The molecule has 0 radical (unpaired) electrons. The zero-order valence-corrected chi connectivity index (χ0v) is 24.0. The SMILES string of the molecule is CC(=O)NC1(c2ccccc2F)CCN(Cc2ccc3c(c2)n(C)c(=O)n3C)CC1.O=C(O)CC(O)(CC(=O)O)C(=O)O. The van der Waals surface area contributed by atoms with Crippen molar-refractivity contribution in [1.29, 1.82) is 0 Å². The van der Waals surface area contributed by atoms with Gasteiger partial charge in [-0.15, -0.1) is 0 Å². The van der Waals surface area contributed by atoms with Gasteiger partial charge in [0.05, 0.1) is 29.4 Å². The number of hydrogen-bond donors (Lipinski definition) is 5. The molecular weight excluding hydrogens is 567 g/mol. The number of nitrogens with zero attached hydrogens (tertiary/aromatic N) is 3. The van der Waals surface area contributed by atoms with E-state index < -0.39 is 41.9 Å². The minimum absolute atomic E-state index is 0.0369. The van der Waals surface area contributed by atoms with Crippen molar-refractivity contribution in [2.45, 2.75) is 50.3 Å². The first kappa shape index (κ1) is 32.9. The standard InChI is InChI=1S/C23H27FN4O2.C6H8O7/c1-16(29)25-23(18-6-4-5-7-19(18)24)10-12-28(13-11-23)15-17-8-9-20-21(14-17)27(3)22(30)26(20)2;7-3(8)1-6(13,5(11)12)2-4(9)10/h4-9,14H,10-13,15H2,1-3H3,(H,25,29);13H,1-2H2,(H,7,8)(H,9,10)(H,11,12). The number of hydrogen-bond acceptors (Lipinski definition) is 7. The Labute approximate surface area is 245 Å². The van der Waals surface area contributed by atoms with Gasteiger partial charge in [0.1, 0.15) is 5.82 Å². The number of aromatic nitrogens is 2. The minimum Gasteiger partial charge on any atom is -0.481 e. The molecule has 1 amide bonds. The number of rotatable bonds is 9. The Bertz CT molecular complexity index is 1570. The zero-order chi connectivity index (χ0) is 32.1. The fraction of sp³-hybridized carbons (Fsp3) is 0.414. The molecule has 5 N–H and O–H groups in total. The number of imidazole rings is 1. The van der Waals surface area contributed by atoms with Crippen LogP contribution in [0, 0.1) is 5.82 Å². The molecule has 0 aliphatic carbocycles. The van der Waals surface area contributed by atoms with Crippen LogP contribution in [0.1, 0.15) is 43.7 Å². The highest BCUT2D eigenvalue weighted by Gasteiger charge is 2.41. The Hall–Kier alpha value is -4.56. The molecule has 14 heteroatoms. The minimum atomic E-state index is -2.74. The van der Waals surface area contributed by atoms with Crippen LogP contribution in [0.25, 0.3) is 11.0 Å². The predicted molar refractivity (Wildman–Crippen MR) is 152 cm³/mol. The number of piperidine rings is 1. The van der Waals surface area contributed by atoms with Crippen molar-refractivity contribution in [2.75, 3.05) is 13.1 Å². The van der Waals surface area contributed by atoms with Gasteiger partial charge in [0.15, 0.2) is 5.60 Å². The summed E-state index contributed by atoms with van der Waals surface area (Å²) >= 11 is 0. The Kier molecular flexibility index (Phi) is 10.1. The fourth-order valence-corrected chi connectivity index (χ4v) is 5.36. The van der Waals surface area contributed by atoms with E-state index in [9.17, 15) is 28.4 Å². The third kappa shape index (κ3) is 7.64. The van der Waals surface area contributed by atoms with E-state index in [1.165, 1.54) is 13.0 Å². The molecular formula is C29H35FN4O9. The van der Waals surface area contributed by atoms with Crippen LogP contribution in [0.15, 0.2) is 47.3 Å². The summed E-state index contributed by atoms with van der Waals surface area (Å²) in [6, 6.07) is 12.8. The van der Waals surface area contributed by atoms with E-state index >= 15 is 0 Å². The van der Waals surface area contributed by atoms with E-state index in [1.54, 1.807) is 35.4 Å². The van der Waals surface area contributed by atoms with Crippen molar-refractivity contribution in [3.63, 3.8) is 0 Å². The number of amides is 1. The van der Waals surface area contributed by atoms with Gasteiger partial charge < -0.3 is 25.7 Å². The lowest BCUT2D eigenvalue weighted by Gasteiger charge is -2.42. The summed E-state index contributed by atoms with van der Waals surface area (Å²) in [5.41, 5.74) is 0.0517. The maximum absolute atomic E-state index is 14.5. The largest absolute Gasteiger partial charge is 0.481 e. The van der Waals surface area contributed by atoms with Crippen molar-refractivity contribution in [1.82, 2.24) is 19.4 Å². The number of carbonyl (C=O) groups is 4. The number of carboxylic acid groups (broad SMARTS) is 3. The van der Waals surface area contributed by atoms with Gasteiger partial charge in [-0.3, -0.25) is 28.4 Å². The van der Waals surface area contributed by atoms with E-state index in [0.717, 1.165) is 36.2 Å². The first-order valence-corrected chi connectivity index (χ1v) is 13.4. The number of carboxylic acids is 3. The number of aryl methyl sites for hydroxylation is 2.